The summed E-state index contributed by atoms with van der Waals surface area (Å²) in [5, 5.41) is 2.05. The molecule has 2 aromatic rings. The van der Waals surface area contributed by atoms with Crippen LogP contribution < -0.4 is 0 Å². The SMILES string of the molecule is CCN(CC)C(=O)CN(C)C(=O)CSc1nc(C)nc2sc3c(c12)CCCC3. The quantitative estimate of drug-likeness (QED) is 0.508. The Bertz CT molecular complexity index is 877. The van der Waals surface area contributed by atoms with Crippen LogP contribution in [0, 0.1) is 6.92 Å². The first-order chi connectivity index (χ1) is 13.4. The molecule has 1 aliphatic rings. The van der Waals surface area contributed by atoms with Gasteiger partial charge in [0.2, 0.25) is 11.8 Å². The molecule has 152 valence electrons. The van der Waals surface area contributed by atoms with Crippen molar-refractivity contribution in [1.29, 1.82) is 0 Å². The van der Waals surface area contributed by atoms with Gasteiger partial charge in [-0.2, -0.15) is 0 Å². The second-order valence-electron chi connectivity index (χ2n) is 7.07. The minimum Gasteiger partial charge on any atom is -0.342 e. The van der Waals surface area contributed by atoms with Crippen molar-refractivity contribution in [2.75, 3.05) is 32.4 Å². The van der Waals surface area contributed by atoms with Gasteiger partial charge in [0.05, 0.1) is 12.3 Å². The fourth-order valence-electron chi connectivity index (χ4n) is 3.54. The summed E-state index contributed by atoms with van der Waals surface area (Å²) in [7, 11) is 1.69. The number of nitrogens with zero attached hydrogens (tertiary/aromatic N) is 4. The van der Waals surface area contributed by atoms with Crippen molar-refractivity contribution in [3.8, 4) is 0 Å². The monoisotopic (exact) mass is 420 g/mol. The third-order valence-corrected chi connectivity index (χ3v) is 7.29. The molecule has 2 aromatic heterocycles. The average Bonchev–Trinajstić information content (AvgIpc) is 3.04. The topological polar surface area (TPSA) is 66.4 Å². The molecule has 3 rings (SSSR count). The number of likely N-dealkylation sites (N-methyl/N-ethyl adjacent to an activating group) is 2. The van der Waals surface area contributed by atoms with E-state index in [1.165, 1.54) is 39.9 Å². The van der Waals surface area contributed by atoms with Crippen LogP contribution in [0.5, 0.6) is 0 Å². The van der Waals surface area contributed by atoms with Gasteiger partial charge in [0, 0.05) is 30.4 Å². The molecule has 28 heavy (non-hydrogen) atoms. The van der Waals surface area contributed by atoms with E-state index in [4.69, 9.17) is 0 Å². The minimum atomic E-state index is -0.0565. The third kappa shape index (κ3) is 4.49. The summed E-state index contributed by atoms with van der Waals surface area (Å²) in [5.74, 6) is 0.946. The molecule has 0 saturated carbocycles. The van der Waals surface area contributed by atoms with Gasteiger partial charge in [0.15, 0.2) is 0 Å². The van der Waals surface area contributed by atoms with E-state index in [2.05, 4.69) is 9.97 Å². The highest BCUT2D eigenvalue weighted by atomic mass is 32.2. The van der Waals surface area contributed by atoms with E-state index in [0.717, 1.165) is 33.9 Å². The van der Waals surface area contributed by atoms with E-state index < -0.39 is 0 Å². The molecular formula is C20H28N4O2S2. The lowest BCUT2D eigenvalue weighted by atomic mass is 9.97. The van der Waals surface area contributed by atoms with Gasteiger partial charge in [-0.1, -0.05) is 11.8 Å². The standard InChI is InChI=1S/C20H28N4O2S2/c1-5-24(6-2)16(25)11-23(4)17(26)12-27-19-18-14-9-7-8-10-15(14)28-20(18)22-13(3)21-19/h5-12H2,1-4H3. The smallest absolute Gasteiger partial charge is 0.242 e. The Morgan fingerprint density at radius 3 is 2.54 bits per heavy atom. The van der Waals surface area contributed by atoms with Crippen LogP contribution in [0.3, 0.4) is 0 Å². The lowest BCUT2D eigenvalue weighted by Crippen LogP contribution is -2.41. The normalized spacial score (nSPS) is 13.4. The van der Waals surface area contributed by atoms with E-state index in [0.29, 0.717) is 13.1 Å². The number of thiophene rings is 1. The number of rotatable bonds is 7. The number of aromatic nitrogens is 2. The molecule has 0 fully saturated rings. The van der Waals surface area contributed by atoms with Crippen LogP contribution >= 0.6 is 23.1 Å². The van der Waals surface area contributed by atoms with Gasteiger partial charge in [0.25, 0.3) is 0 Å². The molecule has 2 amide bonds. The summed E-state index contributed by atoms with van der Waals surface area (Å²) in [4.78, 5) is 39.8. The Labute approximate surface area is 174 Å². The molecule has 0 N–H and O–H groups in total. The van der Waals surface area contributed by atoms with E-state index >= 15 is 0 Å². The van der Waals surface area contributed by atoms with E-state index in [-0.39, 0.29) is 24.1 Å². The van der Waals surface area contributed by atoms with Crippen molar-refractivity contribution in [3.63, 3.8) is 0 Å². The molecule has 0 atom stereocenters. The van der Waals surface area contributed by atoms with Crippen molar-refractivity contribution < 1.29 is 9.59 Å². The maximum absolute atomic E-state index is 12.6. The zero-order chi connectivity index (χ0) is 20.3. The first kappa shape index (κ1) is 21.0. The Kier molecular flexibility index (Phi) is 6.93. The first-order valence-corrected chi connectivity index (χ1v) is 11.7. The van der Waals surface area contributed by atoms with E-state index in [1.54, 1.807) is 23.3 Å². The molecule has 0 radical (unpaired) electrons. The highest BCUT2D eigenvalue weighted by molar-refractivity contribution is 8.00. The number of aryl methyl sites for hydroxylation is 3. The maximum Gasteiger partial charge on any atom is 0.242 e. The van der Waals surface area contributed by atoms with Crippen LogP contribution in [0.2, 0.25) is 0 Å². The Hall–Kier alpha value is -1.67. The van der Waals surface area contributed by atoms with Crippen LogP contribution in [0.15, 0.2) is 5.03 Å². The molecule has 2 heterocycles. The van der Waals surface area contributed by atoms with Gasteiger partial charge < -0.3 is 9.80 Å². The highest BCUT2D eigenvalue weighted by Gasteiger charge is 2.22. The van der Waals surface area contributed by atoms with Crippen molar-refractivity contribution >= 4 is 45.1 Å². The number of carbonyl (C=O) groups is 2. The first-order valence-electron chi connectivity index (χ1n) is 9.88. The number of fused-ring (bicyclic) bond motifs is 3. The van der Waals surface area contributed by atoms with Gasteiger partial charge in [-0.05, 0) is 52.0 Å². The molecule has 0 bridgehead atoms. The molecular weight excluding hydrogens is 392 g/mol. The summed E-state index contributed by atoms with van der Waals surface area (Å²) in [6, 6.07) is 0. The van der Waals surface area contributed by atoms with Gasteiger partial charge in [-0.25, -0.2) is 9.97 Å². The number of thioether (sulfide) groups is 1. The van der Waals surface area contributed by atoms with Gasteiger partial charge in [-0.15, -0.1) is 11.3 Å². The Balaban J connectivity index is 1.72. The predicted octanol–water partition coefficient (Wildman–Crippen LogP) is 3.30. The number of hydrogen-bond acceptors (Lipinski definition) is 6. The fraction of sp³-hybridized carbons (Fsp3) is 0.600. The van der Waals surface area contributed by atoms with Crippen LogP contribution in [-0.4, -0.2) is 64.0 Å². The zero-order valence-electron chi connectivity index (χ0n) is 17.1. The summed E-state index contributed by atoms with van der Waals surface area (Å²) >= 11 is 3.24. The van der Waals surface area contributed by atoms with E-state index in [1.807, 2.05) is 20.8 Å². The molecule has 0 spiro atoms. The van der Waals surface area contributed by atoms with Crippen LogP contribution in [-0.2, 0) is 22.4 Å². The predicted molar refractivity (Wildman–Crippen MR) is 115 cm³/mol. The summed E-state index contributed by atoms with van der Waals surface area (Å²) in [6.07, 6.45) is 4.63. The third-order valence-electron chi connectivity index (χ3n) is 5.14. The molecule has 6 nitrogen and oxygen atoms in total. The second-order valence-corrected chi connectivity index (χ2v) is 9.12. The van der Waals surface area contributed by atoms with Gasteiger partial charge in [0.1, 0.15) is 15.7 Å². The molecule has 8 heteroatoms. The molecule has 1 aliphatic carbocycles. The number of amides is 2. The zero-order valence-corrected chi connectivity index (χ0v) is 18.7. The van der Waals surface area contributed by atoms with Gasteiger partial charge in [-0.3, -0.25) is 9.59 Å². The largest absolute Gasteiger partial charge is 0.342 e. The maximum atomic E-state index is 12.6. The number of hydrogen-bond donors (Lipinski definition) is 0. The fourth-order valence-corrected chi connectivity index (χ4v) is 5.95. The summed E-state index contributed by atoms with van der Waals surface area (Å²) in [5.41, 5.74) is 1.38. The van der Waals surface area contributed by atoms with Gasteiger partial charge >= 0.3 is 0 Å². The van der Waals surface area contributed by atoms with Crippen LogP contribution in [0.25, 0.3) is 10.2 Å². The van der Waals surface area contributed by atoms with Crippen molar-refractivity contribution in [2.45, 2.75) is 51.5 Å². The second kappa shape index (κ2) is 9.22. The molecule has 0 aromatic carbocycles. The van der Waals surface area contributed by atoms with Crippen LogP contribution in [0.4, 0.5) is 0 Å². The van der Waals surface area contributed by atoms with E-state index in [9.17, 15) is 9.59 Å². The highest BCUT2D eigenvalue weighted by Crippen LogP contribution is 2.39. The van der Waals surface area contributed by atoms with Crippen molar-refractivity contribution in [3.05, 3.63) is 16.3 Å². The summed E-state index contributed by atoms with van der Waals surface area (Å²) < 4.78 is 0. The molecule has 0 unspecified atom stereocenters. The Morgan fingerprint density at radius 2 is 1.82 bits per heavy atom. The lowest BCUT2D eigenvalue weighted by Gasteiger charge is -2.23. The van der Waals surface area contributed by atoms with Crippen LogP contribution in [0.1, 0.15) is 43.0 Å². The minimum absolute atomic E-state index is 0.0157. The number of carbonyl (C=O) groups excluding carboxylic acids is 2. The Morgan fingerprint density at radius 1 is 1.11 bits per heavy atom. The molecule has 0 saturated heterocycles. The lowest BCUT2D eigenvalue weighted by molar-refractivity contribution is -0.137. The molecule has 0 aliphatic heterocycles. The van der Waals surface area contributed by atoms with Crippen molar-refractivity contribution in [1.82, 2.24) is 19.8 Å². The summed E-state index contributed by atoms with van der Waals surface area (Å²) in [6.45, 7) is 7.24. The van der Waals surface area contributed by atoms with Crippen molar-refractivity contribution in [2.24, 2.45) is 0 Å². The average molecular weight is 421 g/mol.